The highest BCUT2D eigenvalue weighted by Crippen LogP contribution is 2.18. The van der Waals surface area contributed by atoms with Gasteiger partial charge in [-0.2, -0.15) is 0 Å². The Morgan fingerprint density at radius 2 is 2.11 bits per heavy atom. The molecule has 1 aromatic carbocycles. The van der Waals surface area contributed by atoms with Crippen molar-refractivity contribution in [1.29, 1.82) is 0 Å². The standard InChI is InChI=1S/C21H33FN4O.HI/c1-2-23-21(24-9-4-6-18-5-3-7-20(22)15-18)26-10-8-19(17-26)16-25-11-13-27-14-12-25;/h3,5,7,15,19H,2,4,6,8-14,16-17H2,1H3,(H,23,24);1H. The molecular formula is C21H34FIN4O. The third-order valence-electron chi connectivity index (χ3n) is 5.31. The summed E-state index contributed by atoms with van der Waals surface area (Å²) in [6.45, 7) is 10.9. The number of nitrogens with one attached hydrogen (secondary N) is 1. The average molecular weight is 504 g/mol. The molecule has 0 saturated carbocycles. The fourth-order valence-corrected chi connectivity index (χ4v) is 3.91. The summed E-state index contributed by atoms with van der Waals surface area (Å²) in [4.78, 5) is 9.75. The normalized spacial score (nSPS) is 20.9. The highest BCUT2D eigenvalue weighted by atomic mass is 127. The molecule has 2 saturated heterocycles. The van der Waals surface area contributed by atoms with E-state index in [0.717, 1.165) is 76.8 Å². The molecule has 3 rings (SSSR count). The Balaban J connectivity index is 0.00000280. The van der Waals surface area contributed by atoms with Gasteiger partial charge < -0.3 is 15.0 Å². The molecule has 1 unspecified atom stereocenters. The Morgan fingerprint density at radius 1 is 1.29 bits per heavy atom. The minimum Gasteiger partial charge on any atom is -0.379 e. The highest BCUT2D eigenvalue weighted by molar-refractivity contribution is 14.0. The first-order valence-corrected chi connectivity index (χ1v) is 10.3. The van der Waals surface area contributed by atoms with Crippen LogP contribution >= 0.6 is 24.0 Å². The van der Waals surface area contributed by atoms with Crippen LogP contribution in [0, 0.1) is 11.7 Å². The second-order valence-corrected chi connectivity index (χ2v) is 7.48. The van der Waals surface area contributed by atoms with Crippen molar-refractivity contribution in [2.24, 2.45) is 10.9 Å². The van der Waals surface area contributed by atoms with E-state index >= 15 is 0 Å². The summed E-state index contributed by atoms with van der Waals surface area (Å²) < 4.78 is 18.7. The summed E-state index contributed by atoms with van der Waals surface area (Å²) in [5, 5.41) is 3.44. The highest BCUT2D eigenvalue weighted by Gasteiger charge is 2.26. The van der Waals surface area contributed by atoms with E-state index in [-0.39, 0.29) is 29.8 Å². The zero-order chi connectivity index (χ0) is 18.9. The number of halogens is 2. The smallest absolute Gasteiger partial charge is 0.193 e. The topological polar surface area (TPSA) is 40.1 Å². The van der Waals surface area contributed by atoms with Crippen molar-refractivity contribution in [1.82, 2.24) is 15.1 Å². The quantitative estimate of drug-likeness (QED) is 0.268. The van der Waals surface area contributed by atoms with Crippen LogP contribution in [0.5, 0.6) is 0 Å². The lowest BCUT2D eigenvalue weighted by Gasteiger charge is -2.29. The van der Waals surface area contributed by atoms with E-state index in [0.29, 0.717) is 5.92 Å². The van der Waals surface area contributed by atoms with Gasteiger partial charge in [0.05, 0.1) is 13.2 Å². The zero-order valence-electron chi connectivity index (χ0n) is 16.9. The van der Waals surface area contributed by atoms with Gasteiger partial charge in [-0.15, -0.1) is 24.0 Å². The second-order valence-electron chi connectivity index (χ2n) is 7.48. The number of guanidine groups is 1. The Hall–Kier alpha value is -0.930. The van der Waals surface area contributed by atoms with E-state index in [1.54, 1.807) is 12.1 Å². The molecule has 28 heavy (non-hydrogen) atoms. The van der Waals surface area contributed by atoms with E-state index in [1.807, 2.05) is 6.07 Å². The van der Waals surface area contributed by atoms with E-state index in [1.165, 1.54) is 19.0 Å². The molecule has 0 radical (unpaired) electrons. The SMILES string of the molecule is CCNC(=NCCCc1cccc(F)c1)N1CCC(CN2CCOCC2)C1.I. The lowest BCUT2D eigenvalue weighted by molar-refractivity contribution is 0.0315. The zero-order valence-corrected chi connectivity index (χ0v) is 19.2. The van der Waals surface area contributed by atoms with Gasteiger partial charge in [-0.1, -0.05) is 12.1 Å². The Labute approximate surface area is 185 Å². The molecule has 158 valence electrons. The maximum absolute atomic E-state index is 13.3. The van der Waals surface area contributed by atoms with Crippen molar-refractivity contribution >= 4 is 29.9 Å². The number of likely N-dealkylation sites (tertiary alicyclic amines) is 1. The number of rotatable bonds is 7. The second kappa shape index (κ2) is 12.6. The molecule has 0 aliphatic carbocycles. The van der Waals surface area contributed by atoms with Crippen LogP contribution in [0.15, 0.2) is 29.3 Å². The molecule has 2 aliphatic rings. The van der Waals surface area contributed by atoms with Gasteiger partial charge in [-0.25, -0.2) is 4.39 Å². The molecule has 5 nitrogen and oxygen atoms in total. The van der Waals surface area contributed by atoms with Crippen molar-refractivity contribution in [2.45, 2.75) is 26.2 Å². The molecule has 2 fully saturated rings. The number of hydrogen-bond acceptors (Lipinski definition) is 3. The predicted molar refractivity (Wildman–Crippen MR) is 123 cm³/mol. The summed E-state index contributed by atoms with van der Waals surface area (Å²) in [6.07, 6.45) is 3.02. The van der Waals surface area contributed by atoms with Crippen molar-refractivity contribution in [3.63, 3.8) is 0 Å². The summed E-state index contributed by atoms with van der Waals surface area (Å²) in [5.74, 6) is 1.58. The summed E-state index contributed by atoms with van der Waals surface area (Å²) in [7, 11) is 0. The monoisotopic (exact) mass is 504 g/mol. The molecular weight excluding hydrogens is 470 g/mol. The molecule has 0 aromatic heterocycles. The third-order valence-corrected chi connectivity index (χ3v) is 5.31. The Kier molecular flexibility index (Phi) is 10.5. The fraction of sp³-hybridized carbons (Fsp3) is 0.667. The van der Waals surface area contributed by atoms with Gasteiger partial charge in [-0.05, 0) is 49.8 Å². The summed E-state index contributed by atoms with van der Waals surface area (Å²) in [5.41, 5.74) is 1.04. The van der Waals surface area contributed by atoms with Gasteiger partial charge in [0.1, 0.15) is 5.82 Å². The number of ether oxygens (including phenoxy) is 1. The molecule has 1 atom stereocenters. The largest absolute Gasteiger partial charge is 0.379 e. The van der Waals surface area contributed by atoms with Crippen molar-refractivity contribution in [2.75, 3.05) is 59.0 Å². The molecule has 1 aromatic rings. The Bertz CT molecular complexity index is 610. The molecule has 0 amide bonds. The summed E-state index contributed by atoms with van der Waals surface area (Å²) >= 11 is 0. The first-order valence-electron chi connectivity index (χ1n) is 10.3. The van der Waals surface area contributed by atoms with Gasteiger partial charge in [0.25, 0.3) is 0 Å². The number of morpholine rings is 1. The predicted octanol–water partition coefficient (Wildman–Crippen LogP) is 3.00. The van der Waals surface area contributed by atoms with Gasteiger partial charge in [-0.3, -0.25) is 9.89 Å². The molecule has 0 bridgehead atoms. The fourth-order valence-electron chi connectivity index (χ4n) is 3.91. The van der Waals surface area contributed by atoms with Crippen molar-refractivity contribution in [3.8, 4) is 0 Å². The third kappa shape index (κ3) is 7.48. The maximum Gasteiger partial charge on any atom is 0.193 e. The molecule has 2 aliphatic heterocycles. The van der Waals surface area contributed by atoms with Crippen LogP contribution in [0.25, 0.3) is 0 Å². The number of aryl methyl sites for hydroxylation is 1. The number of aliphatic imine (C=N–C) groups is 1. The van der Waals surface area contributed by atoms with Crippen LogP contribution in [-0.4, -0.2) is 74.8 Å². The van der Waals surface area contributed by atoms with Gasteiger partial charge in [0, 0.05) is 45.8 Å². The van der Waals surface area contributed by atoms with Crippen LogP contribution in [0.3, 0.4) is 0 Å². The number of nitrogens with zero attached hydrogens (tertiary/aromatic N) is 3. The van der Waals surface area contributed by atoms with E-state index in [4.69, 9.17) is 9.73 Å². The van der Waals surface area contributed by atoms with Gasteiger partial charge >= 0.3 is 0 Å². The minimum atomic E-state index is -0.160. The lowest BCUT2D eigenvalue weighted by Crippen LogP contribution is -2.42. The van der Waals surface area contributed by atoms with E-state index in [2.05, 4.69) is 22.0 Å². The molecule has 2 heterocycles. The van der Waals surface area contributed by atoms with Crippen LogP contribution in [0.4, 0.5) is 4.39 Å². The summed E-state index contributed by atoms with van der Waals surface area (Å²) in [6, 6.07) is 6.86. The number of hydrogen-bond donors (Lipinski definition) is 1. The number of benzene rings is 1. The first kappa shape index (κ1) is 23.3. The van der Waals surface area contributed by atoms with Gasteiger partial charge in [0.15, 0.2) is 5.96 Å². The average Bonchev–Trinajstić information content (AvgIpc) is 3.13. The maximum atomic E-state index is 13.3. The van der Waals surface area contributed by atoms with Crippen molar-refractivity contribution < 1.29 is 9.13 Å². The van der Waals surface area contributed by atoms with E-state index in [9.17, 15) is 4.39 Å². The van der Waals surface area contributed by atoms with Crippen LogP contribution in [-0.2, 0) is 11.2 Å². The van der Waals surface area contributed by atoms with Crippen LogP contribution < -0.4 is 5.32 Å². The van der Waals surface area contributed by atoms with Gasteiger partial charge in [0.2, 0.25) is 0 Å². The Morgan fingerprint density at radius 3 is 2.86 bits per heavy atom. The van der Waals surface area contributed by atoms with Crippen molar-refractivity contribution in [3.05, 3.63) is 35.6 Å². The molecule has 7 heteroatoms. The minimum absolute atomic E-state index is 0. The van der Waals surface area contributed by atoms with Crippen LogP contribution in [0.2, 0.25) is 0 Å². The molecule has 0 spiro atoms. The lowest BCUT2D eigenvalue weighted by atomic mass is 10.1. The van der Waals surface area contributed by atoms with Crippen LogP contribution in [0.1, 0.15) is 25.3 Å². The first-order chi connectivity index (χ1) is 13.2. The van der Waals surface area contributed by atoms with E-state index < -0.39 is 0 Å². The molecule has 1 N–H and O–H groups in total.